The van der Waals surface area contributed by atoms with Gasteiger partial charge in [0.25, 0.3) is 0 Å². The topological polar surface area (TPSA) is 87.7 Å². The zero-order valence-corrected chi connectivity index (χ0v) is 13.9. The van der Waals surface area contributed by atoms with Gasteiger partial charge in [-0.3, -0.25) is 9.59 Å². The first-order valence-electron chi connectivity index (χ1n) is 8.54. The van der Waals surface area contributed by atoms with Crippen LogP contribution in [0.2, 0.25) is 0 Å². The van der Waals surface area contributed by atoms with E-state index in [-0.39, 0.29) is 18.6 Å². The van der Waals surface area contributed by atoms with Crippen molar-refractivity contribution in [3.63, 3.8) is 0 Å². The van der Waals surface area contributed by atoms with Crippen LogP contribution >= 0.6 is 0 Å². The van der Waals surface area contributed by atoms with Crippen molar-refractivity contribution in [1.82, 2.24) is 10.6 Å². The van der Waals surface area contributed by atoms with Crippen LogP contribution in [-0.4, -0.2) is 49.3 Å². The summed E-state index contributed by atoms with van der Waals surface area (Å²) in [6, 6.07) is 9.88. The van der Waals surface area contributed by atoms with E-state index in [9.17, 15) is 14.7 Å². The third-order valence-corrected chi connectivity index (χ3v) is 4.25. The van der Waals surface area contributed by atoms with Gasteiger partial charge in [0.05, 0.1) is 6.10 Å². The molecule has 0 aliphatic carbocycles. The summed E-state index contributed by atoms with van der Waals surface area (Å²) >= 11 is 0. The van der Waals surface area contributed by atoms with E-state index in [2.05, 4.69) is 10.6 Å². The molecule has 1 heterocycles. The molecule has 24 heavy (non-hydrogen) atoms. The van der Waals surface area contributed by atoms with E-state index >= 15 is 0 Å². The van der Waals surface area contributed by atoms with E-state index in [1.807, 2.05) is 30.3 Å². The highest BCUT2D eigenvalue weighted by Gasteiger charge is 2.19. The molecule has 0 radical (unpaired) electrons. The Morgan fingerprint density at radius 1 is 1.17 bits per heavy atom. The van der Waals surface area contributed by atoms with Crippen LogP contribution in [0.4, 0.5) is 0 Å². The number of carbonyl (C=O) groups excluding carboxylic acids is 2. The van der Waals surface area contributed by atoms with Crippen molar-refractivity contribution in [2.75, 3.05) is 26.3 Å². The second kappa shape index (κ2) is 10.1. The number of benzene rings is 1. The highest BCUT2D eigenvalue weighted by atomic mass is 16.5. The highest BCUT2D eigenvalue weighted by Crippen LogP contribution is 2.22. The second-order valence-electron chi connectivity index (χ2n) is 6.01. The SMILES string of the molecule is O=C(NCC[C@H](CCO)c1ccccc1)C(=O)NC[C@@H]1CCCO1. The minimum Gasteiger partial charge on any atom is -0.396 e. The van der Waals surface area contributed by atoms with Crippen LogP contribution in [0.1, 0.15) is 37.2 Å². The number of rotatable bonds is 8. The molecule has 1 aromatic rings. The number of ether oxygens (including phenoxy) is 1. The molecule has 0 spiro atoms. The molecule has 0 aromatic heterocycles. The molecule has 2 amide bonds. The number of amides is 2. The first kappa shape index (κ1) is 18.4. The predicted octanol–water partition coefficient (Wildman–Crippen LogP) is 0.954. The molecule has 0 bridgehead atoms. The fourth-order valence-electron chi connectivity index (χ4n) is 2.89. The zero-order valence-electron chi connectivity index (χ0n) is 13.9. The van der Waals surface area contributed by atoms with E-state index in [0.717, 1.165) is 25.0 Å². The summed E-state index contributed by atoms with van der Waals surface area (Å²) in [6.45, 7) is 1.59. The van der Waals surface area contributed by atoms with Crippen molar-refractivity contribution in [3.8, 4) is 0 Å². The molecular weight excluding hydrogens is 308 g/mol. The molecule has 6 nitrogen and oxygen atoms in total. The number of aliphatic hydroxyl groups is 1. The van der Waals surface area contributed by atoms with Crippen molar-refractivity contribution in [2.45, 2.75) is 37.7 Å². The van der Waals surface area contributed by atoms with Crippen molar-refractivity contribution >= 4 is 11.8 Å². The lowest BCUT2D eigenvalue weighted by atomic mass is 9.93. The summed E-state index contributed by atoms with van der Waals surface area (Å²) in [4.78, 5) is 23.6. The Balaban J connectivity index is 1.70. The van der Waals surface area contributed by atoms with E-state index < -0.39 is 11.8 Å². The number of aliphatic hydroxyl groups excluding tert-OH is 1. The maximum absolute atomic E-state index is 11.8. The van der Waals surface area contributed by atoms with E-state index in [1.165, 1.54) is 0 Å². The zero-order chi connectivity index (χ0) is 17.2. The Labute approximate surface area is 142 Å². The monoisotopic (exact) mass is 334 g/mol. The van der Waals surface area contributed by atoms with Gasteiger partial charge in [0.1, 0.15) is 0 Å². The summed E-state index contributed by atoms with van der Waals surface area (Å²) in [5.41, 5.74) is 1.13. The molecule has 1 saturated heterocycles. The molecule has 3 N–H and O–H groups in total. The van der Waals surface area contributed by atoms with Gasteiger partial charge in [-0.15, -0.1) is 0 Å². The Bertz CT molecular complexity index is 515. The molecule has 2 rings (SSSR count). The number of hydrogen-bond acceptors (Lipinski definition) is 4. The lowest BCUT2D eigenvalue weighted by molar-refractivity contribution is -0.139. The van der Waals surface area contributed by atoms with Crippen LogP contribution in [0.15, 0.2) is 30.3 Å². The summed E-state index contributed by atoms with van der Waals surface area (Å²) < 4.78 is 5.40. The average Bonchev–Trinajstić information content (AvgIpc) is 3.13. The Kier molecular flexibility index (Phi) is 7.71. The van der Waals surface area contributed by atoms with Gasteiger partial charge < -0.3 is 20.5 Å². The van der Waals surface area contributed by atoms with Crippen molar-refractivity contribution in [1.29, 1.82) is 0 Å². The maximum Gasteiger partial charge on any atom is 0.309 e. The molecule has 6 heteroatoms. The van der Waals surface area contributed by atoms with Crippen molar-refractivity contribution in [3.05, 3.63) is 35.9 Å². The molecule has 0 unspecified atom stereocenters. The Morgan fingerprint density at radius 3 is 2.58 bits per heavy atom. The molecule has 132 valence electrons. The largest absolute Gasteiger partial charge is 0.396 e. The van der Waals surface area contributed by atoms with Crippen molar-refractivity contribution in [2.24, 2.45) is 0 Å². The quantitative estimate of drug-likeness (QED) is 0.618. The van der Waals surface area contributed by atoms with Gasteiger partial charge in [-0.2, -0.15) is 0 Å². The van der Waals surface area contributed by atoms with Crippen LogP contribution in [0.25, 0.3) is 0 Å². The van der Waals surface area contributed by atoms with Crippen LogP contribution < -0.4 is 10.6 Å². The van der Waals surface area contributed by atoms with Gasteiger partial charge in [0, 0.05) is 26.3 Å². The first-order valence-corrected chi connectivity index (χ1v) is 8.54. The van der Waals surface area contributed by atoms with E-state index in [0.29, 0.717) is 25.9 Å². The normalized spacial score (nSPS) is 18.1. The van der Waals surface area contributed by atoms with Crippen LogP contribution in [0.5, 0.6) is 0 Å². The summed E-state index contributed by atoms with van der Waals surface area (Å²) in [5, 5.41) is 14.5. The molecule has 1 aliphatic rings. The van der Waals surface area contributed by atoms with E-state index in [4.69, 9.17) is 4.74 Å². The predicted molar refractivity (Wildman–Crippen MR) is 90.5 cm³/mol. The summed E-state index contributed by atoms with van der Waals surface area (Å²) in [7, 11) is 0. The second-order valence-corrected chi connectivity index (χ2v) is 6.01. The van der Waals surface area contributed by atoms with E-state index in [1.54, 1.807) is 0 Å². The molecule has 1 aromatic carbocycles. The minimum atomic E-state index is -0.621. The fraction of sp³-hybridized carbons (Fsp3) is 0.556. The number of hydrogen-bond donors (Lipinski definition) is 3. The average molecular weight is 334 g/mol. The van der Waals surface area contributed by atoms with Crippen molar-refractivity contribution < 1.29 is 19.4 Å². The molecule has 1 aliphatic heterocycles. The van der Waals surface area contributed by atoms with Gasteiger partial charge in [-0.1, -0.05) is 30.3 Å². The van der Waals surface area contributed by atoms with Gasteiger partial charge in [-0.05, 0) is 37.2 Å². The molecular formula is C18H26N2O4. The molecule has 2 atom stereocenters. The molecule has 1 fully saturated rings. The summed E-state index contributed by atoms with van der Waals surface area (Å²) in [6.07, 6.45) is 3.24. The maximum atomic E-state index is 11.8. The van der Waals surface area contributed by atoms with Crippen LogP contribution in [0, 0.1) is 0 Å². The standard InChI is InChI=1S/C18H26N2O4/c21-11-9-15(14-5-2-1-3-6-14)8-10-19-17(22)18(23)20-13-16-7-4-12-24-16/h1-3,5-6,15-16,21H,4,7-13H2,(H,19,22)(H,20,23)/t15-,16+/m1/s1. The smallest absolute Gasteiger partial charge is 0.309 e. The van der Waals surface area contributed by atoms with Gasteiger partial charge in [0.15, 0.2) is 0 Å². The number of carbonyl (C=O) groups is 2. The lowest BCUT2D eigenvalue weighted by Crippen LogP contribution is -2.43. The van der Waals surface area contributed by atoms with Crippen LogP contribution in [-0.2, 0) is 14.3 Å². The Morgan fingerprint density at radius 2 is 1.92 bits per heavy atom. The third-order valence-electron chi connectivity index (χ3n) is 4.25. The van der Waals surface area contributed by atoms with Crippen LogP contribution in [0.3, 0.4) is 0 Å². The van der Waals surface area contributed by atoms with Gasteiger partial charge >= 0.3 is 11.8 Å². The fourth-order valence-corrected chi connectivity index (χ4v) is 2.89. The lowest BCUT2D eigenvalue weighted by Gasteiger charge is -2.16. The number of nitrogens with one attached hydrogen (secondary N) is 2. The molecule has 0 saturated carbocycles. The van der Waals surface area contributed by atoms with Gasteiger partial charge in [0.2, 0.25) is 0 Å². The Hall–Kier alpha value is -1.92. The van der Waals surface area contributed by atoms with Gasteiger partial charge in [-0.25, -0.2) is 0 Å². The first-order chi connectivity index (χ1) is 11.7. The summed E-state index contributed by atoms with van der Waals surface area (Å²) in [5.74, 6) is -1.08. The minimum absolute atomic E-state index is 0.0220. The third kappa shape index (κ3) is 5.94. The highest BCUT2D eigenvalue weighted by molar-refractivity contribution is 6.35.